The zero-order valence-electron chi connectivity index (χ0n) is 17.0. The van der Waals surface area contributed by atoms with Crippen LogP contribution in [0.1, 0.15) is 56.9 Å². The molecule has 2 fully saturated rings. The highest BCUT2D eigenvalue weighted by molar-refractivity contribution is 5.80. The number of pyridine rings is 1. The highest BCUT2D eigenvalue weighted by atomic mass is 15.3. The van der Waals surface area contributed by atoms with Gasteiger partial charge in [-0.2, -0.15) is 0 Å². The van der Waals surface area contributed by atoms with Gasteiger partial charge in [0.25, 0.3) is 0 Å². The summed E-state index contributed by atoms with van der Waals surface area (Å²) in [5.41, 5.74) is 1.71. The molecule has 4 rings (SSSR count). The smallest absolute Gasteiger partial charge is 0.193 e. The fourth-order valence-electron chi connectivity index (χ4n) is 4.90. The summed E-state index contributed by atoms with van der Waals surface area (Å²) in [5, 5.41) is 3.59. The highest BCUT2D eigenvalue weighted by Crippen LogP contribution is 2.42. The van der Waals surface area contributed by atoms with E-state index in [0.717, 1.165) is 31.4 Å². The minimum absolute atomic E-state index is 0.512. The lowest BCUT2D eigenvalue weighted by Gasteiger charge is -2.44. The number of aromatic nitrogens is 3. The van der Waals surface area contributed by atoms with Gasteiger partial charge in [0.1, 0.15) is 12.1 Å². The molecule has 2 aromatic heterocycles. The second-order valence-corrected chi connectivity index (χ2v) is 8.33. The van der Waals surface area contributed by atoms with E-state index in [1.165, 1.54) is 56.9 Å². The average molecular weight is 381 g/mol. The van der Waals surface area contributed by atoms with Gasteiger partial charge in [-0.1, -0.05) is 25.7 Å². The Morgan fingerprint density at radius 2 is 1.96 bits per heavy atom. The minimum Gasteiger partial charge on any atom is -0.352 e. The first-order chi connectivity index (χ1) is 13.8. The first-order valence-corrected chi connectivity index (χ1v) is 10.7. The standard InChI is InChI=1S/C22H32N6/c1-23-21(27-13-6-10-22(17-27)8-4-2-3-5-9-22)26-16-19-7-11-25-20(15-19)28-14-12-24-18-28/h7,11-12,14-15,18H,2-6,8-10,13,16-17H2,1H3,(H,23,26). The van der Waals surface area contributed by atoms with Gasteiger partial charge >= 0.3 is 0 Å². The summed E-state index contributed by atoms with van der Waals surface area (Å²) >= 11 is 0. The quantitative estimate of drug-likeness (QED) is 0.650. The molecule has 1 spiro atoms. The van der Waals surface area contributed by atoms with Gasteiger partial charge in [0.2, 0.25) is 0 Å². The molecule has 1 saturated carbocycles. The number of piperidine rings is 1. The van der Waals surface area contributed by atoms with Crippen molar-refractivity contribution in [2.45, 2.75) is 57.9 Å². The number of aliphatic imine (C=N–C) groups is 1. The Morgan fingerprint density at radius 3 is 2.71 bits per heavy atom. The molecule has 0 bridgehead atoms. The number of hydrogen-bond donors (Lipinski definition) is 1. The van der Waals surface area contributed by atoms with E-state index in [-0.39, 0.29) is 0 Å². The number of imidazole rings is 1. The second kappa shape index (κ2) is 8.76. The predicted octanol–water partition coefficient (Wildman–Crippen LogP) is 3.78. The molecular weight excluding hydrogens is 348 g/mol. The molecule has 28 heavy (non-hydrogen) atoms. The molecule has 2 aromatic rings. The van der Waals surface area contributed by atoms with Gasteiger partial charge in [-0.3, -0.25) is 9.56 Å². The van der Waals surface area contributed by atoms with Crippen LogP contribution in [0.5, 0.6) is 0 Å². The summed E-state index contributed by atoms with van der Waals surface area (Å²) in [5.74, 6) is 1.92. The van der Waals surface area contributed by atoms with E-state index >= 15 is 0 Å². The van der Waals surface area contributed by atoms with Crippen molar-refractivity contribution >= 4 is 5.96 Å². The van der Waals surface area contributed by atoms with Crippen molar-refractivity contribution in [1.82, 2.24) is 24.8 Å². The van der Waals surface area contributed by atoms with Crippen molar-refractivity contribution in [2.75, 3.05) is 20.1 Å². The third-order valence-corrected chi connectivity index (χ3v) is 6.37. The van der Waals surface area contributed by atoms with Crippen LogP contribution in [0.25, 0.3) is 5.82 Å². The SMILES string of the molecule is CN=C(NCc1ccnc(-n2ccnc2)c1)N1CCCC2(CCCCCC2)C1. The molecule has 1 N–H and O–H groups in total. The monoisotopic (exact) mass is 380 g/mol. The van der Waals surface area contributed by atoms with E-state index in [0.29, 0.717) is 5.41 Å². The molecule has 1 aliphatic heterocycles. The molecule has 0 unspecified atom stereocenters. The molecule has 0 atom stereocenters. The molecule has 6 nitrogen and oxygen atoms in total. The van der Waals surface area contributed by atoms with Crippen molar-refractivity contribution in [3.05, 3.63) is 42.6 Å². The van der Waals surface area contributed by atoms with Crippen molar-refractivity contribution in [3.8, 4) is 5.82 Å². The summed E-state index contributed by atoms with van der Waals surface area (Å²) in [6.07, 6.45) is 18.4. The normalized spacial score (nSPS) is 20.2. The number of rotatable bonds is 3. The minimum atomic E-state index is 0.512. The zero-order valence-corrected chi connectivity index (χ0v) is 17.0. The summed E-state index contributed by atoms with van der Waals surface area (Å²) in [6, 6.07) is 4.16. The highest BCUT2D eigenvalue weighted by Gasteiger charge is 2.36. The van der Waals surface area contributed by atoms with Crippen LogP contribution >= 0.6 is 0 Å². The zero-order chi connectivity index (χ0) is 19.2. The molecule has 0 amide bonds. The number of hydrogen-bond acceptors (Lipinski definition) is 3. The summed E-state index contributed by atoms with van der Waals surface area (Å²) < 4.78 is 1.93. The Kier molecular flexibility index (Phi) is 5.93. The predicted molar refractivity (Wildman–Crippen MR) is 112 cm³/mol. The van der Waals surface area contributed by atoms with Gasteiger partial charge < -0.3 is 10.2 Å². The first-order valence-electron chi connectivity index (χ1n) is 10.7. The Hall–Kier alpha value is -2.37. The fraction of sp³-hybridized carbons (Fsp3) is 0.591. The van der Waals surface area contributed by atoms with Crippen LogP contribution in [-0.2, 0) is 6.54 Å². The maximum atomic E-state index is 4.60. The fourth-order valence-corrected chi connectivity index (χ4v) is 4.90. The Bertz CT molecular complexity index is 774. The van der Waals surface area contributed by atoms with Gasteiger partial charge in [0, 0.05) is 45.3 Å². The van der Waals surface area contributed by atoms with Gasteiger partial charge in [-0.05, 0) is 48.8 Å². The van der Waals surface area contributed by atoms with Crippen molar-refractivity contribution in [2.24, 2.45) is 10.4 Å². The van der Waals surface area contributed by atoms with Crippen LogP contribution in [0.15, 0.2) is 42.0 Å². The third-order valence-electron chi connectivity index (χ3n) is 6.37. The molecule has 1 aliphatic carbocycles. The topological polar surface area (TPSA) is 58.3 Å². The maximum absolute atomic E-state index is 4.60. The van der Waals surface area contributed by atoms with Gasteiger partial charge in [-0.25, -0.2) is 9.97 Å². The largest absolute Gasteiger partial charge is 0.352 e. The summed E-state index contributed by atoms with van der Waals surface area (Å²) in [4.78, 5) is 15.6. The third kappa shape index (κ3) is 4.37. The Labute approximate surface area is 168 Å². The summed E-state index contributed by atoms with van der Waals surface area (Å²) in [6.45, 7) is 3.02. The van der Waals surface area contributed by atoms with Crippen LogP contribution in [0.4, 0.5) is 0 Å². The molecule has 3 heterocycles. The lowest BCUT2D eigenvalue weighted by atomic mass is 9.74. The van der Waals surface area contributed by atoms with E-state index in [4.69, 9.17) is 0 Å². The van der Waals surface area contributed by atoms with Crippen molar-refractivity contribution < 1.29 is 0 Å². The number of guanidine groups is 1. The molecule has 6 heteroatoms. The van der Waals surface area contributed by atoms with Gasteiger partial charge in [0.15, 0.2) is 5.96 Å². The summed E-state index contributed by atoms with van der Waals surface area (Å²) in [7, 11) is 1.90. The molecule has 1 saturated heterocycles. The Morgan fingerprint density at radius 1 is 1.14 bits per heavy atom. The number of likely N-dealkylation sites (tertiary alicyclic amines) is 1. The van der Waals surface area contributed by atoms with Crippen molar-refractivity contribution in [1.29, 1.82) is 0 Å². The van der Waals surface area contributed by atoms with E-state index in [2.05, 4.69) is 37.3 Å². The molecular formula is C22H32N6. The maximum Gasteiger partial charge on any atom is 0.193 e. The van der Waals surface area contributed by atoms with Crippen LogP contribution in [-0.4, -0.2) is 45.5 Å². The molecule has 0 aromatic carbocycles. The molecule has 2 aliphatic rings. The molecule has 150 valence electrons. The lowest BCUT2D eigenvalue weighted by Crippen LogP contribution is -2.50. The lowest BCUT2D eigenvalue weighted by molar-refractivity contribution is 0.115. The number of nitrogens with one attached hydrogen (secondary N) is 1. The van der Waals surface area contributed by atoms with E-state index in [1.807, 2.05) is 24.0 Å². The van der Waals surface area contributed by atoms with Crippen LogP contribution in [0, 0.1) is 5.41 Å². The van der Waals surface area contributed by atoms with Crippen LogP contribution in [0.2, 0.25) is 0 Å². The van der Waals surface area contributed by atoms with E-state index in [9.17, 15) is 0 Å². The first kappa shape index (κ1) is 19.0. The van der Waals surface area contributed by atoms with Gasteiger partial charge in [-0.15, -0.1) is 0 Å². The molecule has 0 radical (unpaired) electrons. The van der Waals surface area contributed by atoms with Crippen molar-refractivity contribution in [3.63, 3.8) is 0 Å². The average Bonchev–Trinajstić information content (AvgIpc) is 3.18. The van der Waals surface area contributed by atoms with Gasteiger partial charge in [0.05, 0.1) is 0 Å². The Balaban J connectivity index is 1.40. The van der Waals surface area contributed by atoms with E-state index in [1.54, 1.807) is 12.5 Å². The second-order valence-electron chi connectivity index (χ2n) is 8.33. The number of nitrogens with zero attached hydrogens (tertiary/aromatic N) is 5. The van der Waals surface area contributed by atoms with E-state index < -0.39 is 0 Å². The van der Waals surface area contributed by atoms with Crippen LogP contribution < -0.4 is 5.32 Å². The van der Waals surface area contributed by atoms with Crippen LogP contribution in [0.3, 0.4) is 0 Å².